The monoisotopic (exact) mass is 280 g/mol. The summed E-state index contributed by atoms with van der Waals surface area (Å²) < 4.78 is 40.6. The largest absolute Gasteiger partial charge is 0.389 e. The Balaban J connectivity index is 3.48. The second-order valence-corrected chi connectivity index (χ2v) is 4.76. The van der Waals surface area contributed by atoms with Crippen molar-refractivity contribution in [2.24, 2.45) is 0 Å². The molecular formula is C13H23F3N2O. The number of nitrogens with one attached hydrogen (secondary N) is 1. The van der Waals surface area contributed by atoms with Crippen molar-refractivity contribution >= 4 is 0 Å². The lowest BCUT2D eigenvalue weighted by Crippen LogP contribution is -2.40. The van der Waals surface area contributed by atoms with Crippen LogP contribution in [0.5, 0.6) is 0 Å². The third kappa shape index (κ3) is 10.8. The SMILES string of the molecule is CCNC(C)(C#N)CCCCOCCCC(F)(F)F. The van der Waals surface area contributed by atoms with Crippen molar-refractivity contribution in [3.63, 3.8) is 0 Å². The van der Waals surface area contributed by atoms with E-state index in [0.717, 1.165) is 19.4 Å². The molecule has 0 aromatic carbocycles. The summed E-state index contributed by atoms with van der Waals surface area (Å²) in [6.07, 6.45) is -2.59. The minimum Gasteiger partial charge on any atom is -0.381 e. The van der Waals surface area contributed by atoms with Crippen molar-refractivity contribution in [1.29, 1.82) is 5.26 Å². The van der Waals surface area contributed by atoms with Gasteiger partial charge in [-0.15, -0.1) is 0 Å². The van der Waals surface area contributed by atoms with E-state index in [1.54, 1.807) is 0 Å². The molecule has 0 rings (SSSR count). The molecule has 1 atom stereocenters. The summed E-state index contributed by atoms with van der Waals surface area (Å²) in [7, 11) is 0. The van der Waals surface area contributed by atoms with Crippen molar-refractivity contribution in [3.05, 3.63) is 0 Å². The zero-order valence-electron chi connectivity index (χ0n) is 11.6. The van der Waals surface area contributed by atoms with E-state index in [1.165, 1.54) is 0 Å². The van der Waals surface area contributed by atoms with E-state index in [1.807, 2.05) is 13.8 Å². The van der Waals surface area contributed by atoms with Crippen molar-refractivity contribution in [1.82, 2.24) is 5.32 Å². The summed E-state index contributed by atoms with van der Waals surface area (Å²) in [4.78, 5) is 0. The standard InChI is InChI=1S/C13H23F3N2O/c1-3-18-12(2,11-17)7-4-5-9-19-10-6-8-13(14,15)16/h18H,3-10H2,1-2H3. The molecule has 0 aromatic heterocycles. The Morgan fingerprint density at radius 2 is 1.74 bits per heavy atom. The first-order valence-electron chi connectivity index (χ1n) is 6.64. The predicted octanol–water partition coefficient (Wildman–Crippen LogP) is 3.41. The van der Waals surface area contributed by atoms with Gasteiger partial charge in [-0.05, 0) is 39.2 Å². The summed E-state index contributed by atoms with van der Waals surface area (Å²) in [5, 5.41) is 12.1. The van der Waals surface area contributed by atoms with Crippen LogP contribution in [0.3, 0.4) is 0 Å². The first-order valence-corrected chi connectivity index (χ1v) is 6.64. The summed E-state index contributed by atoms with van der Waals surface area (Å²) in [5.41, 5.74) is -0.523. The highest BCUT2D eigenvalue weighted by atomic mass is 19.4. The van der Waals surface area contributed by atoms with Gasteiger partial charge in [0.15, 0.2) is 0 Å². The maximum atomic E-state index is 11.8. The number of halogens is 3. The predicted molar refractivity (Wildman–Crippen MR) is 67.7 cm³/mol. The molecular weight excluding hydrogens is 257 g/mol. The smallest absolute Gasteiger partial charge is 0.381 e. The van der Waals surface area contributed by atoms with Crippen molar-refractivity contribution < 1.29 is 17.9 Å². The summed E-state index contributed by atoms with van der Waals surface area (Å²) >= 11 is 0. The maximum absolute atomic E-state index is 11.8. The molecule has 0 aliphatic rings. The van der Waals surface area contributed by atoms with Gasteiger partial charge in [-0.1, -0.05) is 6.92 Å². The van der Waals surface area contributed by atoms with Crippen LogP contribution in [0.1, 0.15) is 46.0 Å². The van der Waals surface area contributed by atoms with Crippen LogP contribution in [0.2, 0.25) is 0 Å². The lowest BCUT2D eigenvalue weighted by molar-refractivity contribution is -0.137. The zero-order chi connectivity index (χ0) is 14.8. The second-order valence-electron chi connectivity index (χ2n) is 4.76. The third-order valence-corrected chi connectivity index (χ3v) is 2.78. The molecule has 1 unspecified atom stereocenters. The van der Waals surface area contributed by atoms with E-state index in [9.17, 15) is 13.2 Å². The highest BCUT2D eigenvalue weighted by Crippen LogP contribution is 2.21. The third-order valence-electron chi connectivity index (χ3n) is 2.78. The van der Waals surface area contributed by atoms with Gasteiger partial charge in [-0.25, -0.2) is 0 Å². The molecule has 6 heteroatoms. The zero-order valence-corrected chi connectivity index (χ0v) is 11.6. The van der Waals surface area contributed by atoms with Crippen LogP contribution in [-0.4, -0.2) is 31.5 Å². The Bertz CT molecular complexity index is 276. The van der Waals surface area contributed by atoms with Gasteiger partial charge < -0.3 is 4.74 Å². The number of rotatable bonds is 10. The molecule has 3 nitrogen and oxygen atoms in total. The highest BCUT2D eigenvalue weighted by Gasteiger charge is 2.26. The summed E-state index contributed by atoms with van der Waals surface area (Å²) in [6, 6.07) is 2.23. The van der Waals surface area contributed by atoms with Crippen LogP contribution in [-0.2, 0) is 4.74 Å². The Hall–Kier alpha value is -0.800. The molecule has 1 N–H and O–H groups in total. The Morgan fingerprint density at radius 1 is 1.11 bits per heavy atom. The van der Waals surface area contributed by atoms with Gasteiger partial charge in [-0.2, -0.15) is 18.4 Å². The van der Waals surface area contributed by atoms with Crippen LogP contribution in [0.4, 0.5) is 13.2 Å². The van der Waals surface area contributed by atoms with Gasteiger partial charge >= 0.3 is 6.18 Å². The molecule has 0 heterocycles. The first kappa shape index (κ1) is 18.2. The van der Waals surface area contributed by atoms with Crippen LogP contribution >= 0.6 is 0 Å². The lowest BCUT2D eigenvalue weighted by Gasteiger charge is -2.22. The Labute approximate surface area is 113 Å². The van der Waals surface area contributed by atoms with Crippen LogP contribution in [0.25, 0.3) is 0 Å². The molecule has 0 amide bonds. The Morgan fingerprint density at radius 3 is 2.26 bits per heavy atom. The number of hydrogen-bond donors (Lipinski definition) is 1. The second kappa shape index (κ2) is 9.16. The topological polar surface area (TPSA) is 45.0 Å². The molecule has 0 saturated heterocycles. The number of alkyl halides is 3. The van der Waals surface area contributed by atoms with Gasteiger partial charge in [0.2, 0.25) is 0 Å². The summed E-state index contributed by atoms with van der Waals surface area (Å²) in [6.45, 7) is 5.12. The molecule has 0 fully saturated rings. The lowest BCUT2D eigenvalue weighted by atomic mass is 9.97. The molecule has 0 aliphatic carbocycles. The fraction of sp³-hybridized carbons (Fsp3) is 0.923. The van der Waals surface area contributed by atoms with E-state index < -0.39 is 18.1 Å². The van der Waals surface area contributed by atoms with E-state index in [-0.39, 0.29) is 13.0 Å². The average molecular weight is 280 g/mol. The fourth-order valence-corrected chi connectivity index (χ4v) is 1.73. The van der Waals surface area contributed by atoms with Crippen LogP contribution in [0.15, 0.2) is 0 Å². The van der Waals surface area contributed by atoms with Crippen LogP contribution in [0, 0.1) is 11.3 Å². The normalized spacial score (nSPS) is 14.9. The highest BCUT2D eigenvalue weighted by molar-refractivity contribution is 5.03. The maximum Gasteiger partial charge on any atom is 0.389 e. The van der Waals surface area contributed by atoms with E-state index in [4.69, 9.17) is 10.00 Å². The van der Waals surface area contributed by atoms with Crippen molar-refractivity contribution in [3.8, 4) is 6.07 Å². The fourth-order valence-electron chi connectivity index (χ4n) is 1.73. The molecule has 0 bridgehead atoms. The van der Waals surface area contributed by atoms with Crippen molar-refractivity contribution in [2.45, 2.75) is 57.7 Å². The quantitative estimate of drug-likeness (QED) is 0.624. The van der Waals surface area contributed by atoms with E-state index in [2.05, 4.69) is 11.4 Å². The number of ether oxygens (including phenoxy) is 1. The number of nitriles is 1. The van der Waals surface area contributed by atoms with Gasteiger partial charge in [0.05, 0.1) is 6.07 Å². The number of hydrogen-bond acceptors (Lipinski definition) is 3. The molecule has 0 aromatic rings. The summed E-state index contributed by atoms with van der Waals surface area (Å²) in [5.74, 6) is 0. The minimum atomic E-state index is -4.09. The first-order chi connectivity index (χ1) is 8.83. The molecule has 0 spiro atoms. The molecule has 0 radical (unpaired) electrons. The molecule has 19 heavy (non-hydrogen) atoms. The molecule has 0 saturated carbocycles. The van der Waals surface area contributed by atoms with Gasteiger partial charge in [0.1, 0.15) is 5.54 Å². The molecule has 0 aliphatic heterocycles. The van der Waals surface area contributed by atoms with Crippen LogP contribution < -0.4 is 5.32 Å². The van der Waals surface area contributed by atoms with E-state index >= 15 is 0 Å². The number of nitrogens with zero attached hydrogens (tertiary/aromatic N) is 1. The average Bonchev–Trinajstić information content (AvgIpc) is 2.31. The minimum absolute atomic E-state index is 0.0107. The Kier molecular flexibility index (Phi) is 8.77. The number of unbranched alkanes of at least 4 members (excludes halogenated alkanes) is 1. The van der Waals surface area contributed by atoms with Crippen molar-refractivity contribution in [2.75, 3.05) is 19.8 Å². The van der Waals surface area contributed by atoms with Gasteiger partial charge in [0, 0.05) is 19.6 Å². The van der Waals surface area contributed by atoms with Gasteiger partial charge in [-0.3, -0.25) is 5.32 Å². The molecule has 112 valence electrons. The van der Waals surface area contributed by atoms with Gasteiger partial charge in [0.25, 0.3) is 0 Å². The van der Waals surface area contributed by atoms with E-state index in [0.29, 0.717) is 13.0 Å².